The highest BCUT2D eigenvalue weighted by atomic mass is 32.1. The van der Waals surface area contributed by atoms with Crippen molar-refractivity contribution in [3.63, 3.8) is 0 Å². The van der Waals surface area contributed by atoms with Gasteiger partial charge in [0.15, 0.2) is 0 Å². The summed E-state index contributed by atoms with van der Waals surface area (Å²) in [5.41, 5.74) is 1.25. The van der Waals surface area contributed by atoms with E-state index in [1.165, 1.54) is 47.7 Å². The van der Waals surface area contributed by atoms with E-state index in [-0.39, 0.29) is 0 Å². The van der Waals surface area contributed by atoms with Gasteiger partial charge in [0, 0.05) is 16.8 Å². The van der Waals surface area contributed by atoms with E-state index in [0.29, 0.717) is 6.04 Å². The minimum absolute atomic E-state index is 0.447. The molecule has 1 fully saturated rings. The maximum atomic E-state index is 4.91. The van der Waals surface area contributed by atoms with Crippen molar-refractivity contribution >= 4 is 11.3 Å². The Hall–Kier alpha value is -0.410. The van der Waals surface area contributed by atoms with Gasteiger partial charge in [-0.25, -0.2) is 4.98 Å². The average molecular weight is 309 g/mol. The zero-order valence-corrected chi connectivity index (χ0v) is 15.2. The van der Waals surface area contributed by atoms with Crippen molar-refractivity contribution < 1.29 is 0 Å². The molecule has 0 bridgehead atoms. The van der Waals surface area contributed by atoms with Crippen molar-refractivity contribution in [3.05, 3.63) is 15.6 Å². The molecule has 1 aliphatic rings. The number of aromatic nitrogens is 1. The van der Waals surface area contributed by atoms with Gasteiger partial charge in [0.2, 0.25) is 0 Å². The van der Waals surface area contributed by atoms with Gasteiger partial charge in [0.25, 0.3) is 0 Å². The van der Waals surface area contributed by atoms with Crippen molar-refractivity contribution in [2.45, 2.75) is 78.7 Å². The van der Waals surface area contributed by atoms with Gasteiger partial charge in [-0.15, -0.1) is 11.3 Å². The van der Waals surface area contributed by atoms with Crippen LogP contribution >= 0.6 is 11.3 Å². The van der Waals surface area contributed by atoms with E-state index >= 15 is 0 Å². The van der Waals surface area contributed by atoms with Gasteiger partial charge in [-0.05, 0) is 64.3 Å². The first-order valence-electron chi connectivity index (χ1n) is 8.73. The lowest BCUT2D eigenvalue weighted by Crippen LogP contribution is -2.18. The maximum Gasteiger partial charge on any atom is 0.0962 e. The Kier molecular flexibility index (Phi) is 6.24. The Morgan fingerprint density at radius 3 is 2.43 bits per heavy atom. The van der Waals surface area contributed by atoms with Gasteiger partial charge in [-0.3, -0.25) is 0 Å². The highest BCUT2D eigenvalue weighted by Crippen LogP contribution is 2.41. The topological polar surface area (TPSA) is 24.9 Å². The zero-order chi connectivity index (χ0) is 15.4. The predicted octanol–water partition coefficient (Wildman–Crippen LogP) is 5.44. The molecule has 1 heterocycles. The Labute approximate surface area is 134 Å². The van der Waals surface area contributed by atoms with E-state index in [1.54, 1.807) is 0 Å². The highest BCUT2D eigenvalue weighted by molar-refractivity contribution is 7.11. The monoisotopic (exact) mass is 308 g/mol. The number of hydrogen-bond donors (Lipinski definition) is 1. The molecule has 0 aliphatic heterocycles. The molecule has 21 heavy (non-hydrogen) atoms. The van der Waals surface area contributed by atoms with Crippen LogP contribution in [0.2, 0.25) is 0 Å². The summed E-state index contributed by atoms with van der Waals surface area (Å²) in [6.45, 7) is 12.5. The summed E-state index contributed by atoms with van der Waals surface area (Å²) in [5, 5.41) is 5.00. The minimum Gasteiger partial charge on any atom is -0.309 e. The summed E-state index contributed by atoms with van der Waals surface area (Å²) < 4.78 is 0. The van der Waals surface area contributed by atoms with Gasteiger partial charge in [-0.2, -0.15) is 0 Å². The molecule has 1 atom stereocenters. The van der Waals surface area contributed by atoms with Gasteiger partial charge in [0.1, 0.15) is 0 Å². The van der Waals surface area contributed by atoms with Crippen LogP contribution in [0, 0.1) is 18.8 Å². The van der Waals surface area contributed by atoms with E-state index in [9.17, 15) is 0 Å². The quantitative estimate of drug-likeness (QED) is 0.756. The van der Waals surface area contributed by atoms with Crippen LogP contribution in [-0.2, 0) is 0 Å². The third-order valence-corrected chi connectivity index (χ3v) is 6.51. The smallest absolute Gasteiger partial charge is 0.0962 e. The summed E-state index contributed by atoms with van der Waals surface area (Å²) in [7, 11) is 0. The maximum absolute atomic E-state index is 4.91. The van der Waals surface area contributed by atoms with Crippen LogP contribution in [0.25, 0.3) is 0 Å². The lowest BCUT2D eigenvalue weighted by atomic mass is 9.77. The number of thiazole rings is 1. The predicted molar refractivity (Wildman–Crippen MR) is 93.1 cm³/mol. The molecule has 1 aromatic heterocycles. The molecule has 0 amide bonds. The first kappa shape index (κ1) is 17.0. The van der Waals surface area contributed by atoms with E-state index in [1.807, 2.05) is 11.3 Å². The second kappa shape index (κ2) is 7.73. The summed E-state index contributed by atoms with van der Waals surface area (Å²) in [6.07, 6.45) is 6.64. The molecule has 0 spiro atoms. The third kappa shape index (κ3) is 4.29. The molecular weight excluding hydrogens is 276 g/mol. The van der Waals surface area contributed by atoms with Crippen LogP contribution in [0.4, 0.5) is 0 Å². The van der Waals surface area contributed by atoms with Crippen LogP contribution in [0.1, 0.15) is 87.3 Å². The van der Waals surface area contributed by atoms with Crippen LogP contribution in [0.5, 0.6) is 0 Å². The molecule has 1 unspecified atom stereocenters. The Bertz CT molecular complexity index is 430. The molecule has 1 N–H and O–H groups in total. The summed E-state index contributed by atoms with van der Waals surface area (Å²) in [5.74, 6) is 2.50. The normalized spacial score (nSPS) is 24.5. The second-order valence-electron chi connectivity index (χ2n) is 7.03. The summed E-state index contributed by atoms with van der Waals surface area (Å²) in [4.78, 5) is 6.36. The molecule has 1 aromatic rings. The van der Waals surface area contributed by atoms with E-state index < -0.39 is 0 Å². The Balaban J connectivity index is 1.99. The lowest BCUT2D eigenvalue weighted by Gasteiger charge is -2.29. The van der Waals surface area contributed by atoms with Gasteiger partial charge in [0.05, 0.1) is 10.7 Å². The zero-order valence-electron chi connectivity index (χ0n) is 14.4. The molecule has 2 nitrogen and oxygen atoms in total. The standard InChI is InChI=1S/C18H32N2S/c1-6-11-19-13(4)17-14(5)20-18(21-17)16-9-7-15(8-10-16)12(2)3/h12-13,15-16,19H,6-11H2,1-5H3. The molecule has 0 aromatic carbocycles. The van der Waals surface area contributed by atoms with Gasteiger partial charge >= 0.3 is 0 Å². The first-order valence-corrected chi connectivity index (χ1v) is 9.55. The number of rotatable bonds is 6. The van der Waals surface area contributed by atoms with Crippen LogP contribution < -0.4 is 5.32 Å². The van der Waals surface area contributed by atoms with Crippen LogP contribution in [0.15, 0.2) is 0 Å². The minimum atomic E-state index is 0.447. The second-order valence-corrected chi connectivity index (χ2v) is 8.10. The number of hydrogen-bond acceptors (Lipinski definition) is 3. The molecule has 120 valence electrons. The van der Waals surface area contributed by atoms with Crippen molar-refractivity contribution in [2.75, 3.05) is 6.54 Å². The van der Waals surface area contributed by atoms with Crippen LogP contribution in [-0.4, -0.2) is 11.5 Å². The Morgan fingerprint density at radius 2 is 1.86 bits per heavy atom. The molecule has 1 saturated carbocycles. The third-order valence-electron chi connectivity index (χ3n) is 5.01. The molecule has 1 aliphatic carbocycles. The van der Waals surface area contributed by atoms with E-state index in [4.69, 9.17) is 4.98 Å². The largest absolute Gasteiger partial charge is 0.309 e. The fourth-order valence-corrected chi connectivity index (χ4v) is 4.76. The van der Waals surface area contributed by atoms with Crippen molar-refractivity contribution in [1.29, 1.82) is 0 Å². The Morgan fingerprint density at radius 1 is 1.19 bits per heavy atom. The van der Waals surface area contributed by atoms with E-state index in [2.05, 4.69) is 39.9 Å². The van der Waals surface area contributed by atoms with E-state index in [0.717, 1.165) is 24.3 Å². The van der Waals surface area contributed by atoms with Gasteiger partial charge < -0.3 is 5.32 Å². The molecular formula is C18H32N2S. The molecule has 3 heteroatoms. The summed E-state index contributed by atoms with van der Waals surface area (Å²) >= 11 is 1.96. The van der Waals surface area contributed by atoms with Crippen molar-refractivity contribution in [3.8, 4) is 0 Å². The lowest BCUT2D eigenvalue weighted by molar-refractivity contribution is 0.258. The van der Waals surface area contributed by atoms with Crippen LogP contribution in [0.3, 0.4) is 0 Å². The van der Waals surface area contributed by atoms with Crippen molar-refractivity contribution in [2.24, 2.45) is 11.8 Å². The highest BCUT2D eigenvalue weighted by Gasteiger charge is 2.27. The molecule has 0 radical (unpaired) electrons. The molecule has 0 saturated heterocycles. The first-order chi connectivity index (χ1) is 10.0. The SMILES string of the molecule is CCCNC(C)c1sc(C2CCC(C(C)C)CC2)nc1C. The molecule has 2 rings (SSSR count). The number of nitrogens with one attached hydrogen (secondary N) is 1. The average Bonchev–Trinajstić information content (AvgIpc) is 2.87. The number of aryl methyl sites for hydroxylation is 1. The summed E-state index contributed by atoms with van der Waals surface area (Å²) in [6, 6.07) is 0.447. The number of nitrogens with zero attached hydrogens (tertiary/aromatic N) is 1. The van der Waals surface area contributed by atoms with Gasteiger partial charge in [-0.1, -0.05) is 20.8 Å². The fourth-order valence-electron chi connectivity index (χ4n) is 3.49. The van der Waals surface area contributed by atoms with Crippen molar-refractivity contribution in [1.82, 2.24) is 10.3 Å². The fraction of sp³-hybridized carbons (Fsp3) is 0.833.